The summed E-state index contributed by atoms with van der Waals surface area (Å²) in [5.74, 6) is -0.881. The van der Waals surface area contributed by atoms with Gasteiger partial charge in [-0.25, -0.2) is 4.39 Å². The van der Waals surface area contributed by atoms with Gasteiger partial charge in [-0.3, -0.25) is 9.59 Å². The van der Waals surface area contributed by atoms with Crippen molar-refractivity contribution in [1.82, 2.24) is 5.32 Å². The molecule has 0 atom stereocenters. The van der Waals surface area contributed by atoms with Crippen LogP contribution in [-0.2, 0) is 6.54 Å². The standard InChI is InChI=1S/C19H15FN2O2S/c20-15-8-6-13(7-9-15)12-21-19(24)17-16(10-11-25-17)22-18(23)14-4-2-1-3-5-14/h1-11H,12H2,(H,21,24)(H,22,23). The van der Waals surface area contributed by atoms with Crippen LogP contribution in [0.3, 0.4) is 0 Å². The minimum atomic E-state index is -0.320. The molecule has 25 heavy (non-hydrogen) atoms. The van der Waals surface area contributed by atoms with E-state index in [2.05, 4.69) is 10.6 Å². The van der Waals surface area contributed by atoms with Crippen LogP contribution in [0, 0.1) is 5.82 Å². The third-order valence-corrected chi connectivity index (χ3v) is 4.44. The van der Waals surface area contributed by atoms with Crippen LogP contribution in [0.15, 0.2) is 66.0 Å². The van der Waals surface area contributed by atoms with Crippen LogP contribution in [0.2, 0.25) is 0 Å². The summed E-state index contributed by atoms with van der Waals surface area (Å²) in [5.41, 5.74) is 1.78. The van der Waals surface area contributed by atoms with E-state index >= 15 is 0 Å². The van der Waals surface area contributed by atoms with Crippen LogP contribution in [-0.4, -0.2) is 11.8 Å². The highest BCUT2D eigenvalue weighted by atomic mass is 32.1. The minimum absolute atomic E-state index is 0.272. The largest absolute Gasteiger partial charge is 0.347 e. The number of nitrogens with one attached hydrogen (secondary N) is 2. The molecule has 2 N–H and O–H groups in total. The molecule has 0 aliphatic heterocycles. The van der Waals surface area contributed by atoms with Crippen LogP contribution in [0.4, 0.5) is 10.1 Å². The van der Waals surface area contributed by atoms with Gasteiger partial charge in [0.25, 0.3) is 11.8 Å². The van der Waals surface area contributed by atoms with Gasteiger partial charge >= 0.3 is 0 Å². The molecule has 0 saturated carbocycles. The summed E-state index contributed by atoms with van der Waals surface area (Å²) in [6, 6.07) is 16.4. The van der Waals surface area contributed by atoms with Gasteiger partial charge in [0.2, 0.25) is 0 Å². The van der Waals surface area contributed by atoms with Crippen molar-refractivity contribution in [3.63, 3.8) is 0 Å². The molecule has 2 aromatic carbocycles. The number of thiophene rings is 1. The van der Waals surface area contributed by atoms with Crippen LogP contribution in [0.1, 0.15) is 25.6 Å². The fourth-order valence-electron chi connectivity index (χ4n) is 2.23. The van der Waals surface area contributed by atoms with E-state index < -0.39 is 0 Å². The summed E-state index contributed by atoms with van der Waals surface area (Å²) in [6.45, 7) is 0.281. The van der Waals surface area contributed by atoms with Gasteiger partial charge in [-0.2, -0.15) is 0 Å². The Bertz CT molecular complexity index is 876. The molecule has 0 saturated heterocycles. The molecule has 0 spiro atoms. The zero-order valence-electron chi connectivity index (χ0n) is 13.2. The molecule has 0 radical (unpaired) electrons. The van der Waals surface area contributed by atoms with E-state index in [1.54, 1.807) is 47.8 Å². The van der Waals surface area contributed by atoms with Crippen molar-refractivity contribution < 1.29 is 14.0 Å². The molecule has 6 heteroatoms. The zero-order valence-corrected chi connectivity index (χ0v) is 14.0. The fourth-order valence-corrected chi connectivity index (χ4v) is 3.00. The molecule has 126 valence electrons. The van der Waals surface area contributed by atoms with Gasteiger partial charge in [-0.1, -0.05) is 30.3 Å². The Kier molecular flexibility index (Phi) is 5.20. The number of rotatable bonds is 5. The number of amides is 2. The van der Waals surface area contributed by atoms with Gasteiger partial charge < -0.3 is 10.6 Å². The highest BCUT2D eigenvalue weighted by Gasteiger charge is 2.15. The van der Waals surface area contributed by atoms with Gasteiger partial charge in [0.15, 0.2) is 0 Å². The molecule has 4 nitrogen and oxygen atoms in total. The Balaban J connectivity index is 1.65. The summed E-state index contributed by atoms with van der Waals surface area (Å²) in [5, 5.41) is 7.27. The van der Waals surface area contributed by atoms with Gasteiger partial charge in [0, 0.05) is 12.1 Å². The van der Waals surface area contributed by atoms with Crippen LogP contribution in [0.25, 0.3) is 0 Å². The molecule has 0 aliphatic carbocycles. The van der Waals surface area contributed by atoms with Gasteiger partial charge in [-0.15, -0.1) is 11.3 Å². The van der Waals surface area contributed by atoms with Crippen LogP contribution in [0.5, 0.6) is 0 Å². The first-order valence-corrected chi connectivity index (χ1v) is 8.48. The van der Waals surface area contributed by atoms with Crippen molar-refractivity contribution >= 4 is 28.8 Å². The average Bonchev–Trinajstić information content (AvgIpc) is 3.10. The lowest BCUT2D eigenvalue weighted by atomic mass is 10.2. The van der Waals surface area contributed by atoms with Gasteiger partial charge in [0.05, 0.1) is 5.69 Å². The summed E-state index contributed by atoms with van der Waals surface area (Å²) >= 11 is 1.25. The SMILES string of the molecule is O=C(Nc1ccsc1C(=O)NCc1ccc(F)cc1)c1ccccc1. The van der Waals surface area contributed by atoms with Crippen LogP contribution >= 0.6 is 11.3 Å². The number of carbonyl (C=O) groups is 2. The molecule has 0 bridgehead atoms. The second kappa shape index (κ2) is 7.72. The first kappa shape index (κ1) is 16.9. The molecule has 3 rings (SSSR count). The van der Waals surface area contributed by atoms with Gasteiger partial charge in [0.1, 0.15) is 10.7 Å². The highest BCUT2D eigenvalue weighted by molar-refractivity contribution is 7.12. The predicted octanol–water partition coefficient (Wildman–Crippen LogP) is 4.07. The Morgan fingerprint density at radius 1 is 0.920 bits per heavy atom. The monoisotopic (exact) mass is 354 g/mol. The van der Waals surface area contributed by atoms with E-state index in [4.69, 9.17) is 0 Å². The lowest BCUT2D eigenvalue weighted by Crippen LogP contribution is -2.23. The van der Waals surface area contributed by atoms with E-state index in [-0.39, 0.29) is 24.2 Å². The Morgan fingerprint density at radius 3 is 2.36 bits per heavy atom. The molecule has 1 aromatic heterocycles. The second-order valence-corrected chi connectivity index (χ2v) is 6.21. The molecule has 0 aliphatic rings. The van der Waals surface area contributed by atoms with E-state index in [1.807, 2.05) is 6.07 Å². The molecule has 3 aromatic rings. The van der Waals surface area contributed by atoms with Crippen molar-refractivity contribution in [2.45, 2.75) is 6.54 Å². The smallest absolute Gasteiger partial charge is 0.263 e. The molecule has 0 unspecified atom stereocenters. The van der Waals surface area contributed by atoms with Crippen molar-refractivity contribution in [1.29, 1.82) is 0 Å². The van der Waals surface area contributed by atoms with Crippen molar-refractivity contribution in [3.05, 3.63) is 87.9 Å². The first-order valence-electron chi connectivity index (χ1n) is 7.60. The van der Waals surface area contributed by atoms with Gasteiger partial charge in [-0.05, 0) is 41.3 Å². The van der Waals surface area contributed by atoms with Crippen molar-refractivity contribution in [2.24, 2.45) is 0 Å². The van der Waals surface area contributed by atoms with E-state index in [0.717, 1.165) is 5.56 Å². The maximum absolute atomic E-state index is 12.9. The molecular formula is C19H15FN2O2S. The number of benzene rings is 2. The summed E-state index contributed by atoms with van der Waals surface area (Å²) < 4.78 is 12.9. The van der Waals surface area contributed by atoms with Crippen LogP contribution < -0.4 is 10.6 Å². The third-order valence-electron chi connectivity index (χ3n) is 3.52. The average molecular weight is 354 g/mol. The van der Waals surface area contributed by atoms with Crippen molar-refractivity contribution in [3.8, 4) is 0 Å². The molecular weight excluding hydrogens is 339 g/mol. The predicted molar refractivity (Wildman–Crippen MR) is 96.3 cm³/mol. The van der Waals surface area contributed by atoms with E-state index in [1.165, 1.54) is 23.5 Å². The number of halogens is 1. The summed E-state index contributed by atoms with van der Waals surface area (Å²) in [7, 11) is 0. The normalized spacial score (nSPS) is 10.3. The number of hydrogen-bond donors (Lipinski definition) is 2. The topological polar surface area (TPSA) is 58.2 Å². The Hall–Kier alpha value is -2.99. The number of anilines is 1. The summed E-state index contributed by atoms with van der Waals surface area (Å²) in [4.78, 5) is 25.0. The molecule has 1 heterocycles. The zero-order chi connectivity index (χ0) is 17.6. The Morgan fingerprint density at radius 2 is 1.64 bits per heavy atom. The van der Waals surface area contributed by atoms with E-state index in [9.17, 15) is 14.0 Å². The third kappa shape index (κ3) is 4.30. The maximum Gasteiger partial charge on any atom is 0.263 e. The number of carbonyl (C=O) groups excluding carboxylic acids is 2. The van der Waals surface area contributed by atoms with E-state index in [0.29, 0.717) is 16.1 Å². The first-order chi connectivity index (χ1) is 12.1. The van der Waals surface area contributed by atoms with Crippen molar-refractivity contribution in [2.75, 3.05) is 5.32 Å². The lowest BCUT2D eigenvalue weighted by Gasteiger charge is -2.08. The fraction of sp³-hybridized carbons (Fsp3) is 0.0526. The molecule has 2 amide bonds. The summed E-state index contributed by atoms with van der Waals surface area (Å²) in [6.07, 6.45) is 0. The maximum atomic E-state index is 12.9. The lowest BCUT2D eigenvalue weighted by molar-refractivity contribution is 0.0956. The second-order valence-electron chi connectivity index (χ2n) is 5.29. The Labute approximate surface area is 148 Å². The minimum Gasteiger partial charge on any atom is -0.347 e. The number of hydrogen-bond acceptors (Lipinski definition) is 3. The quantitative estimate of drug-likeness (QED) is 0.726. The molecule has 0 fully saturated rings. The highest BCUT2D eigenvalue weighted by Crippen LogP contribution is 2.23.